The van der Waals surface area contributed by atoms with Crippen molar-refractivity contribution in [3.05, 3.63) is 46.7 Å². The molecule has 2 aromatic rings. The number of hydrogen-bond acceptors (Lipinski definition) is 6. The minimum absolute atomic E-state index is 0. The molecule has 0 bridgehead atoms. The van der Waals surface area contributed by atoms with Gasteiger partial charge >= 0.3 is 0 Å². The molecule has 0 aliphatic carbocycles. The van der Waals surface area contributed by atoms with Gasteiger partial charge in [0.25, 0.3) is 11.8 Å². The number of benzene rings is 1. The lowest BCUT2D eigenvalue weighted by Crippen LogP contribution is -3.00. The number of unbranched alkanes of at least 4 members (excludes halogenated alkanes) is 1. The third-order valence-corrected chi connectivity index (χ3v) is 4.91. The first-order chi connectivity index (χ1) is 14.2. The lowest BCUT2D eigenvalue weighted by Gasteiger charge is -2.30. The lowest BCUT2D eigenvalue weighted by atomic mass is 10.2. The highest BCUT2D eigenvalue weighted by Gasteiger charge is 2.18. The van der Waals surface area contributed by atoms with Gasteiger partial charge in [0, 0.05) is 12.1 Å². The average molecular weight is 515 g/mol. The molecule has 0 spiro atoms. The SMILES string of the molecule is C[N+](C)(CCCCNC(=O)c1ccccc1)CCNC(=O)c1nc(Cl)c(N)nc1N.[Br-]. The Hall–Kier alpha value is -2.43. The van der Waals surface area contributed by atoms with Gasteiger partial charge in [0.2, 0.25) is 0 Å². The normalized spacial score (nSPS) is 10.8. The summed E-state index contributed by atoms with van der Waals surface area (Å²) < 4.78 is 0.719. The minimum Gasteiger partial charge on any atom is -1.00 e. The van der Waals surface area contributed by atoms with Crippen molar-refractivity contribution in [3.63, 3.8) is 0 Å². The van der Waals surface area contributed by atoms with Gasteiger partial charge in [-0.05, 0) is 25.0 Å². The fraction of sp³-hybridized carbons (Fsp3) is 0.400. The number of rotatable bonds is 10. The van der Waals surface area contributed by atoms with Crippen LogP contribution in [-0.4, -0.2) is 66.5 Å². The van der Waals surface area contributed by atoms with Crippen LogP contribution >= 0.6 is 11.6 Å². The number of anilines is 2. The first-order valence-electron chi connectivity index (χ1n) is 9.71. The number of quaternary nitrogens is 1. The van der Waals surface area contributed by atoms with E-state index in [9.17, 15) is 9.59 Å². The number of hydrogen-bond donors (Lipinski definition) is 4. The van der Waals surface area contributed by atoms with E-state index < -0.39 is 5.91 Å². The maximum Gasteiger partial charge on any atom is 0.273 e. The van der Waals surface area contributed by atoms with Crippen LogP contribution < -0.4 is 39.1 Å². The Balaban J connectivity index is 0.00000480. The van der Waals surface area contributed by atoms with Crippen LogP contribution in [0.4, 0.5) is 11.6 Å². The van der Waals surface area contributed by atoms with E-state index >= 15 is 0 Å². The van der Waals surface area contributed by atoms with Gasteiger partial charge in [-0.1, -0.05) is 29.8 Å². The van der Waals surface area contributed by atoms with Crippen LogP contribution in [0.25, 0.3) is 0 Å². The molecule has 0 radical (unpaired) electrons. The molecule has 170 valence electrons. The minimum atomic E-state index is -0.439. The van der Waals surface area contributed by atoms with Crippen LogP contribution in [0.5, 0.6) is 0 Å². The fourth-order valence-corrected chi connectivity index (χ4v) is 2.96. The number of nitrogens with two attached hydrogens (primary N) is 2. The zero-order chi connectivity index (χ0) is 22.1. The summed E-state index contributed by atoms with van der Waals surface area (Å²) in [6.45, 7) is 2.70. The van der Waals surface area contributed by atoms with E-state index in [1.165, 1.54) is 0 Å². The van der Waals surface area contributed by atoms with Gasteiger partial charge in [-0.25, -0.2) is 9.97 Å². The second-order valence-corrected chi connectivity index (χ2v) is 7.96. The van der Waals surface area contributed by atoms with E-state index in [1.54, 1.807) is 12.1 Å². The van der Waals surface area contributed by atoms with Crippen molar-refractivity contribution >= 4 is 35.1 Å². The van der Waals surface area contributed by atoms with Gasteiger partial charge in [-0.2, -0.15) is 0 Å². The van der Waals surface area contributed by atoms with Crippen LogP contribution in [0.2, 0.25) is 5.15 Å². The third kappa shape index (κ3) is 8.68. The second kappa shape index (κ2) is 12.4. The maximum atomic E-state index is 12.3. The highest BCUT2D eigenvalue weighted by atomic mass is 79.9. The van der Waals surface area contributed by atoms with Crippen molar-refractivity contribution in [1.29, 1.82) is 0 Å². The Kier molecular flexibility index (Phi) is 10.7. The number of carbonyl (C=O) groups is 2. The number of nitrogens with one attached hydrogen (secondary N) is 2. The molecule has 0 aliphatic heterocycles. The molecule has 9 nitrogen and oxygen atoms in total. The van der Waals surface area contributed by atoms with E-state index in [0.29, 0.717) is 18.7 Å². The molecule has 0 fully saturated rings. The summed E-state index contributed by atoms with van der Waals surface area (Å²) in [4.78, 5) is 32.0. The van der Waals surface area contributed by atoms with Crippen LogP contribution in [0.1, 0.15) is 33.7 Å². The Morgan fingerprint density at radius 2 is 1.58 bits per heavy atom. The average Bonchev–Trinajstić information content (AvgIpc) is 2.70. The van der Waals surface area contributed by atoms with Crippen molar-refractivity contribution in [2.24, 2.45) is 0 Å². The van der Waals surface area contributed by atoms with Gasteiger partial charge in [0.15, 0.2) is 22.5 Å². The summed E-state index contributed by atoms with van der Waals surface area (Å²) in [7, 11) is 4.17. The smallest absolute Gasteiger partial charge is 0.273 e. The Labute approximate surface area is 197 Å². The van der Waals surface area contributed by atoms with Crippen LogP contribution in [-0.2, 0) is 0 Å². The Morgan fingerprint density at radius 3 is 2.26 bits per heavy atom. The first kappa shape index (κ1) is 26.6. The number of nitrogen functional groups attached to an aromatic ring is 2. The molecule has 0 atom stereocenters. The molecule has 11 heteroatoms. The molecule has 2 rings (SSSR count). The van der Waals surface area contributed by atoms with Crippen molar-refractivity contribution < 1.29 is 31.1 Å². The van der Waals surface area contributed by atoms with Gasteiger partial charge in [-0.3, -0.25) is 9.59 Å². The third-order valence-electron chi connectivity index (χ3n) is 4.63. The topological polar surface area (TPSA) is 136 Å². The van der Waals surface area contributed by atoms with Crippen molar-refractivity contribution in [3.8, 4) is 0 Å². The molecule has 0 aliphatic rings. The fourth-order valence-electron chi connectivity index (χ4n) is 2.83. The molecule has 2 amide bonds. The summed E-state index contributed by atoms with van der Waals surface area (Å²) in [5.74, 6) is -0.563. The quantitative estimate of drug-likeness (QED) is 0.221. The lowest BCUT2D eigenvalue weighted by molar-refractivity contribution is -0.889. The summed E-state index contributed by atoms with van der Waals surface area (Å²) in [5.41, 5.74) is 11.8. The second-order valence-electron chi connectivity index (χ2n) is 7.60. The van der Waals surface area contributed by atoms with Gasteiger partial charge in [0.05, 0.1) is 33.7 Å². The monoisotopic (exact) mass is 513 g/mol. The number of likely N-dealkylation sites (N-methyl/N-ethyl adjacent to an activating group) is 1. The Morgan fingerprint density at radius 1 is 0.935 bits per heavy atom. The molecular weight excluding hydrogens is 486 g/mol. The van der Waals surface area contributed by atoms with Crippen LogP contribution in [0.15, 0.2) is 30.3 Å². The predicted octanol–water partition coefficient (Wildman–Crippen LogP) is -1.69. The van der Waals surface area contributed by atoms with Crippen LogP contribution in [0, 0.1) is 0 Å². The van der Waals surface area contributed by atoms with E-state index in [2.05, 4.69) is 34.7 Å². The van der Waals surface area contributed by atoms with Gasteiger partial charge in [-0.15, -0.1) is 0 Å². The number of amides is 2. The predicted molar refractivity (Wildman–Crippen MR) is 118 cm³/mol. The summed E-state index contributed by atoms with van der Waals surface area (Å²) >= 11 is 5.81. The number of halogens is 2. The Bertz CT molecular complexity index is 881. The molecule has 31 heavy (non-hydrogen) atoms. The van der Waals surface area contributed by atoms with E-state index in [4.69, 9.17) is 23.1 Å². The molecule has 0 saturated carbocycles. The first-order valence-corrected chi connectivity index (χ1v) is 10.1. The summed E-state index contributed by atoms with van der Waals surface area (Å²) in [6, 6.07) is 9.15. The molecule has 6 N–H and O–H groups in total. The van der Waals surface area contributed by atoms with E-state index in [1.807, 2.05) is 18.2 Å². The molecule has 1 aromatic carbocycles. The van der Waals surface area contributed by atoms with Crippen LogP contribution in [0.3, 0.4) is 0 Å². The largest absolute Gasteiger partial charge is 1.00 e. The summed E-state index contributed by atoms with van der Waals surface area (Å²) in [5, 5.41) is 5.66. The number of nitrogens with zero attached hydrogens (tertiary/aromatic N) is 3. The van der Waals surface area contributed by atoms with Gasteiger partial charge < -0.3 is 43.6 Å². The number of aromatic nitrogens is 2. The maximum absolute atomic E-state index is 12.3. The molecule has 0 unspecified atom stereocenters. The van der Waals surface area contributed by atoms with E-state index in [-0.39, 0.29) is 45.4 Å². The van der Waals surface area contributed by atoms with Crippen molar-refractivity contribution in [2.45, 2.75) is 12.8 Å². The molecule has 1 heterocycles. The highest BCUT2D eigenvalue weighted by molar-refractivity contribution is 6.31. The zero-order valence-corrected chi connectivity index (χ0v) is 20.0. The van der Waals surface area contributed by atoms with Crippen molar-refractivity contribution in [2.75, 3.05) is 51.7 Å². The van der Waals surface area contributed by atoms with Gasteiger partial charge in [0.1, 0.15) is 0 Å². The molecule has 0 saturated heterocycles. The number of carbonyl (C=O) groups excluding carboxylic acids is 2. The van der Waals surface area contributed by atoms with Crippen molar-refractivity contribution in [1.82, 2.24) is 20.6 Å². The highest BCUT2D eigenvalue weighted by Crippen LogP contribution is 2.17. The zero-order valence-electron chi connectivity index (χ0n) is 17.7. The standard InChI is InChI=1S/C20H28ClN7O2.BrH/c1-28(2,12-7-6-10-24-19(29)14-8-4-3-5-9-14)13-11-25-20(30)15-17(22)27-18(23)16(21)26-15;/h3-5,8-9H,6-7,10-13H2,1-2H3,(H5-,22,23,24,25,27,29,30);1H. The molecule has 1 aromatic heterocycles. The molecular formula is C20H29BrClN7O2. The van der Waals surface area contributed by atoms with E-state index in [0.717, 1.165) is 30.4 Å². The summed E-state index contributed by atoms with van der Waals surface area (Å²) in [6.07, 6.45) is 1.82.